The molecule has 0 aliphatic heterocycles. The van der Waals surface area contributed by atoms with Gasteiger partial charge in [-0.2, -0.15) is 0 Å². The van der Waals surface area contributed by atoms with Crippen LogP contribution in [0.25, 0.3) is 0 Å². The quantitative estimate of drug-likeness (QED) is 0.461. The second-order valence-corrected chi connectivity index (χ2v) is 4.80. The summed E-state index contributed by atoms with van der Waals surface area (Å²) in [4.78, 5) is 4.26. The fraction of sp³-hybridized carbons (Fsp3) is 0.533. The Kier molecular flexibility index (Phi) is 6.26. The summed E-state index contributed by atoms with van der Waals surface area (Å²) in [7, 11) is 0. The highest BCUT2D eigenvalue weighted by Gasteiger charge is 1.98. The van der Waals surface area contributed by atoms with Crippen molar-refractivity contribution in [2.75, 3.05) is 13.1 Å². The maximum absolute atomic E-state index is 5.66. The van der Waals surface area contributed by atoms with Crippen LogP contribution in [-0.2, 0) is 6.42 Å². The van der Waals surface area contributed by atoms with E-state index in [-0.39, 0.29) is 0 Å². The van der Waals surface area contributed by atoms with Crippen LogP contribution in [0.2, 0.25) is 0 Å². The fourth-order valence-corrected chi connectivity index (χ4v) is 1.79. The molecule has 100 valence electrons. The summed E-state index contributed by atoms with van der Waals surface area (Å²) in [6.07, 6.45) is 2.09. The smallest absolute Gasteiger partial charge is 0.188 e. The second kappa shape index (κ2) is 7.75. The van der Waals surface area contributed by atoms with Gasteiger partial charge in [0, 0.05) is 13.1 Å². The number of hydrogen-bond donors (Lipinski definition) is 2. The van der Waals surface area contributed by atoms with Gasteiger partial charge in [-0.15, -0.1) is 0 Å². The first-order valence-electron chi connectivity index (χ1n) is 6.76. The van der Waals surface area contributed by atoms with Crippen LogP contribution >= 0.6 is 0 Å². The third kappa shape index (κ3) is 5.21. The maximum atomic E-state index is 5.66. The predicted molar refractivity (Wildman–Crippen MR) is 79.0 cm³/mol. The molecule has 3 nitrogen and oxygen atoms in total. The second-order valence-electron chi connectivity index (χ2n) is 4.80. The van der Waals surface area contributed by atoms with E-state index in [9.17, 15) is 0 Å². The first-order chi connectivity index (χ1) is 8.63. The highest BCUT2D eigenvalue weighted by atomic mass is 15.1. The van der Waals surface area contributed by atoms with Gasteiger partial charge in [0.05, 0.1) is 0 Å². The molecule has 0 unspecified atom stereocenters. The molecule has 0 amide bonds. The normalized spacial score (nSPS) is 11.9. The lowest BCUT2D eigenvalue weighted by atomic mass is 10.0. The molecule has 0 aliphatic rings. The largest absolute Gasteiger partial charge is 0.370 e. The third-order valence-electron chi connectivity index (χ3n) is 2.91. The van der Waals surface area contributed by atoms with Crippen LogP contribution in [0.3, 0.4) is 0 Å². The number of aliphatic imine (C=N–C) groups is 1. The minimum atomic E-state index is 0.549. The number of nitrogens with two attached hydrogens (primary N) is 1. The summed E-state index contributed by atoms with van der Waals surface area (Å²) >= 11 is 0. The van der Waals surface area contributed by atoms with Crippen molar-refractivity contribution in [3.05, 3.63) is 35.4 Å². The maximum Gasteiger partial charge on any atom is 0.188 e. The lowest BCUT2D eigenvalue weighted by Crippen LogP contribution is -2.31. The molecule has 1 aromatic rings. The predicted octanol–water partition coefficient (Wildman–Crippen LogP) is 2.67. The summed E-state index contributed by atoms with van der Waals surface area (Å²) in [6.45, 7) is 8.05. The van der Waals surface area contributed by atoms with Crippen molar-refractivity contribution in [2.24, 2.45) is 10.7 Å². The van der Waals surface area contributed by atoms with Crippen molar-refractivity contribution >= 4 is 5.96 Å². The molecular formula is C15H25N3. The van der Waals surface area contributed by atoms with E-state index in [1.165, 1.54) is 11.1 Å². The summed E-state index contributed by atoms with van der Waals surface area (Å²) in [5.41, 5.74) is 8.42. The topological polar surface area (TPSA) is 50.4 Å². The molecule has 0 fully saturated rings. The molecule has 1 aromatic carbocycles. The van der Waals surface area contributed by atoms with Crippen molar-refractivity contribution in [2.45, 2.75) is 39.5 Å². The van der Waals surface area contributed by atoms with E-state index in [1.54, 1.807) is 0 Å². The van der Waals surface area contributed by atoms with E-state index >= 15 is 0 Å². The molecule has 3 heteroatoms. The minimum absolute atomic E-state index is 0.549. The van der Waals surface area contributed by atoms with E-state index in [4.69, 9.17) is 5.73 Å². The zero-order valence-corrected chi connectivity index (χ0v) is 11.7. The van der Waals surface area contributed by atoms with Crippen LogP contribution in [0.15, 0.2) is 29.3 Å². The van der Waals surface area contributed by atoms with Gasteiger partial charge in [-0.3, -0.25) is 4.99 Å². The summed E-state index contributed by atoms with van der Waals surface area (Å²) < 4.78 is 0. The van der Waals surface area contributed by atoms with Crippen LogP contribution in [0, 0.1) is 0 Å². The van der Waals surface area contributed by atoms with Crippen LogP contribution < -0.4 is 11.1 Å². The van der Waals surface area contributed by atoms with Gasteiger partial charge in [-0.05, 0) is 36.8 Å². The molecule has 18 heavy (non-hydrogen) atoms. The number of nitrogens with one attached hydrogen (secondary N) is 1. The molecule has 0 atom stereocenters. The van der Waals surface area contributed by atoms with Crippen molar-refractivity contribution in [1.82, 2.24) is 5.32 Å². The third-order valence-corrected chi connectivity index (χ3v) is 2.91. The fourth-order valence-electron chi connectivity index (χ4n) is 1.79. The Morgan fingerprint density at radius 3 is 2.50 bits per heavy atom. The van der Waals surface area contributed by atoms with Crippen LogP contribution in [0.4, 0.5) is 0 Å². The van der Waals surface area contributed by atoms with E-state index < -0.39 is 0 Å². The van der Waals surface area contributed by atoms with Gasteiger partial charge in [0.25, 0.3) is 0 Å². The molecule has 0 saturated carbocycles. The van der Waals surface area contributed by atoms with Crippen LogP contribution in [-0.4, -0.2) is 19.0 Å². The average molecular weight is 247 g/mol. The van der Waals surface area contributed by atoms with Crippen molar-refractivity contribution in [1.29, 1.82) is 0 Å². The van der Waals surface area contributed by atoms with Gasteiger partial charge in [-0.1, -0.05) is 38.1 Å². The highest BCUT2D eigenvalue weighted by Crippen LogP contribution is 2.15. The lowest BCUT2D eigenvalue weighted by molar-refractivity contribution is 0.816. The van der Waals surface area contributed by atoms with Crippen molar-refractivity contribution < 1.29 is 0 Å². The van der Waals surface area contributed by atoms with Gasteiger partial charge in [0.15, 0.2) is 5.96 Å². The first-order valence-corrected chi connectivity index (χ1v) is 6.76. The molecule has 0 aliphatic carbocycles. The van der Waals surface area contributed by atoms with Crippen LogP contribution in [0.5, 0.6) is 0 Å². The Balaban J connectivity index is 2.33. The van der Waals surface area contributed by atoms with E-state index in [0.717, 1.165) is 25.9 Å². The minimum Gasteiger partial charge on any atom is -0.370 e. The Bertz CT molecular complexity index is 366. The molecule has 0 saturated heterocycles. The summed E-state index contributed by atoms with van der Waals surface area (Å²) in [5.74, 6) is 1.15. The number of guanidine groups is 1. The SMILES string of the molecule is CCNC(N)=NCCCc1ccc(C(C)C)cc1. The van der Waals surface area contributed by atoms with Gasteiger partial charge in [-0.25, -0.2) is 0 Å². The zero-order chi connectivity index (χ0) is 13.4. The molecule has 0 radical (unpaired) electrons. The Morgan fingerprint density at radius 1 is 1.28 bits per heavy atom. The standard InChI is InChI=1S/C15H25N3/c1-4-17-15(16)18-11-5-6-13-7-9-14(10-8-13)12(2)3/h7-10,12H,4-6,11H2,1-3H3,(H3,16,17,18). The van der Waals surface area contributed by atoms with Crippen molar-refractivity contribution in [3.8, 4) is 0 Å². The molecule has 3 N–H and O–H groups in total. The Labute approximate surface area is 111 Å². The van der Waals surface area contributed by atoms with Gasteiger partial charge < -0.3 is 11.1 Å². The van der Waals surface area contributed by atoms with E-state index in [0.29, 0.717) is 11.9 Å². The first kappa shape index (κ1) is 14.6. The lowest BCUT2D eigenvalue weighted by Gasteiger charge is -2.06. The number of benzene rings is 1. The number of nitrogens with zero attached hydrogens (tertiary/aromatic N) is 1. The van der Waals surface area contributed by atoms with Gasteiger partial charge in [0.1, 0.15) is 0 Å². The Morgan fingerprint density at radius 2 is 1.94 bits per heavy atom. The molecule has 0 aromatic heterocycles. The molecule has 1 rings (SSSR count). The average Bonchev–Trinajstić information content (AvgIpc) is 2.35. The van der Waals surface area contributed by atoms with Crippen molar-refractivity contribution in [3.63, 3.8) is 0 Å². The summed E-state index contributed by atoms with van der Waals surface area (Å²) in [5, 5.41) is 2.99. The van der Waals surface area contributed by atoms with Crippen LogP contribution in [0.1, 0.15) is 44.2 Å². The van der Waals surface area contributed by atoms with Gasteiger partial charge >= 0.3 is 0 Å². The molecule has 0 spiro atoms. The number of aryl methyl sites for hydroxylation is 1. The molecule has 0 heterocycles. The van der Waals surface area contributed by atoms with Gasteiger partial charge in [0.2, 0.25) is 0 Å². The molecular weight excluding hydrogens is 222 g/mol. The van der Waals surface area contributed by atoms with E-state index in [2.05, 4.69) is 48.4 Å². The highest BCUT2D eigenvalue weighted by molar-refractivity contribution is 5.77. The number of rotatable bonds is 6. The summed E-state index contributed by atoms with van der Waals surface area (Å²) in [6, 6.07) is 8.87. The number of hydrogen-bond acceptors (Lipinski definition) is 1. The van der Waals surface area contributed by atoms with E-state index in [1.807, 2.05) is 6.92 Å². The zero-order valence-electron chi connectivity index (χ0n) is 11.7. The molecule has 0 bridgehead atoms. The monoisotopic (exact) mass is 247 g/mol. The Hall–Kier alpha value is -1.51.